The number of carbonyl (C=O) groups is 1. The molecule has 0 bridgehead atoms. The van der Waals surface area contributed by atoms with Gasteiger partial charge < -0.3 is 15.8 Å². The van der Waals surface area contributed by atoms with E-state index in [0.29, 0.717) is 19.1 Å². The van der Waals surface area contributed by atoms with Gasteiger partial charge in [0.25, 0.3) is 5.91 Å². The van der Waals surface area contributed by atoms with Crippen LogP contribution in [0.15, 0.2) is 6.07 Å². The number of fused-ring (bicyclic) bond motifs is 1. The number of nitrogens with two attached hydrogens (primary N) is 1. The minimum Gasteiger partial charge on any atom is -0.376 e. The van der Waals surface area contributed by atoms with Crippen LogP contribution < -0.4 is 11.1 Å². The molecule has 2 aliphatic rings. The molecular formula is C16H24N2O2S. The minimum absolute atomic E-state index is 0.0374. The van der Waals surface area contributed by atoms with Gasteiger partial charge in [-0.05, 0) is 30.4 Å². The number of amides is 1. The van der Waals surface area contributed by atoms with Gasteiger partial charge in [0.2, 0.25) is 0 Å². The maximum absolute atomic E-state index is 12.5. The second kappa shape index (κ2) is 6.90. The van der Waals surface area contributed by atoms with Gasteiger partial charge in [-0.15, -0.1) is 11.3 Å². The maximum Gasteiger partial charge on any atom is 0.261 e. The SMILES string of the molecule is NCC(NC(=O)c1cc2c(s1)CCOC2)C1CCCCC1. The summed E-state index contributed by atoms with van der Waals surface area (Å²) in [4.78, 5) is 14.6. The highest BCUT2D eigenvalue weighted by molar-refractivity contribution is 7.14. The van der Waals surface area contributed by atoms with Crippen molar-refractivity contribution in [2.45, 2.75) is 51.2 Å². The predicted octanol–water partition coefficient (Wildman–Crippen LogP) is 2.46. The molecule has 0 aromatic carbocycles. The maximum atomic E-state index is 12.5. The van der Waals surface area contributed by atoms with Crippen molar-refractivity contribution in [1.82, 2.24) is 5.32 Å². The van der Waals surface area contributed by atoms with E-state index in [2.05, 4.69) is 5.32 Å². The Labute approximate surface area is 130 Å². The Hall–Kier alpha value is -0.910. The summed E-state index contributed by atoms with van der Waals surface area (Å²) >= 11 is 1.61. The molecule has 1 aromatic rings. The average molecular weight is 308 g/mol. The van der Waals surface area contributed by atoms with Gasteiger partial charge in [0.15, 0.2) is 0 Å². The van der Waals surface area contributed by atoms with Crippen molar-refractivity contribution in [1.29, 1.82) is 0 Å². The third-order valence-electron chi connectivity index (χ3n) is 4.64. The van der Waals surface area contributed by atoms with Crippen LogP contribution in [0, 0.1) is 5.92 Å². The fourth-order valence-electron chi connectivity index (χ4n) is 3.40. The molecule has 1 aromatic heterocycles. The number of ether oxygens (including phenoxy) is 1. The molecule has 0 saturated heterocycles. The lowest BCUT2D eigenvalue weighted by molar-refractivity contribution is 0.0919. The third kappa shape index (κ3) is 3.47. The lowest BCUT2D eigenvalue weighted by atomic mass is 9.84. The second-order valence-corrected chi connectivity index (χ2v) is 7.21. The van der Waals surface area contributed by atoms with Gasteiger partial charge in [0.05, 0.1) is 18.1 Å². The van der Waals surface area contributed by atoms with Crippen LogP contribution >= 0.6 is 11.3 Å². The van der Waals surface area contributed by atoms with E-state index >= 15 is 0 Å². The van der Waals surface area contributed by atoms with E-state index < -0.39 is 0 Å². The summed E-state index contributed by atoms with van der Waals surface area (Å²) in [5.74, 6) is 0.584. The van der Waals surface area contributed by atoms with E-state index in [-0.39, 0.29) is 11.9 Å². The molecule has 1 amide bonds. The van der Waals surface area contributed by atoms with Crippen molar-refractivity contribution >= 4 is 17.2 Å². The Morgan fingerprint density at radius 3 is 2.95 bits per heavy atom. The minimum atomic E-state index is 0.0374. The summed E-state index contributed by atoms with van der Waals surface area (Å²) in [6.45, 7) is 1.94. The first kappa shape index (κ1) is 15.0. The summed E-state index contributed by atoms with van der Waals surface area (Å²) in [5, 5.41) is 3.17. The van der Waals surface area contributed by atoms with Crippen LogP contribution in [0.3, 0.4) is 0 Å². The predicted molar refractivity (Wildman–Crippen MR) is 84.6 cm³/mol. The molecule has 0 spiro atoms. The molecular weight excluding hydrogens is 284 g/mol. The Morgan fingerprint density at radius 1 is 1.43 bits per heavy atom. The van der Waals surface area contributed by atoms with Gasteiger partial charge in [-0.3, -0.25) is 4.79 Å². The fraction of sp³-hybridized carbons (Fsp3) is 0.688. The van der Waals surface area contributed by atoms with Gasteiger partial charge in [-0.1, -0.05) is 19.3 Å². The van der Waals surface area contributed by atoms with Crippen molar-refractivity contribution in [2.75, 3.05) is 13.2 Å². The number of hydrogen-bond donors (Lipinski definition) is 2. The van der Waals surface area contributed by atoms with Crippen LogP contribution in [0.1, 0.15) is 52.2 Å². The zero-order valence-electron chi connectivity index (χ0n) is 12.4. The van der Waals surface area contributed by atoms with Gasteiger partial charge in [-0.25, -0.2) is 0 Å². The largest absolute Gasteiger partial charge is 0.376 e. The molecule has 1 unspecified atom stereocenters. The number of rotatable bonds is 4. The monoisotopic (exact) mass is 308 g/mol. The topological polar surface area (TPSA) is 64.3 Å². The number of carbonyl (C=O) groups excluding carboxylic acids is 1. The Morgan fingerprint density at radius 2 is 2.24 bits per heavy atom. The summed E-state index contributed by atoms with van der Waals surface area (Å²) in [6, 6.07) is 2.11. The number of nitrogens with one attached hydrogen (secondary N) is 1. The molecule has 4 nitrogen and oxygen atoms in total. The number of thiophene rings is 1. The summed E-state index contributed by atoms with van der Waals surface area (Å²) in [5.41, 5.74) is 7.08. The Balaban J connectivity index is 1.65. The van der Waals surface area contributed by atoms with Crippen molar-refractivity contribution in [3.63, 3.8) is 0 Å². The van der Waals surface area contributed by atoms with Crippen LogP contribution in [0.4, 0.5) is 0 Å². The molecule has 1 saturated carbocycles. The van der Waals surface area contributed by atoms with Crippen LogP contribution in [0.25, 0.3) is 0 Å². The van der Waals surface area contributed by atoms with Gasteiger partial charge in [0.1, 0.15) is 0 Å². The lowest BCUT2D eigenvalue weighted by Gasteiger charge is -2.29. The first-order valence-corrected chi connectivity index (χ1v) is 8.80. The third-order valence-corrected chi connectivity index (χ3v) is 5.88. The normalized spacial score (nSPS) is 20.8. The first-order chi connectivity index (χ1) is 10.3. The summed E-state index contributed by atoms with van der Waals surface area (Å²) < 4.78 is 5.44. The van der Waals surface area contributed by atoms with Crippen LogP contribution in [-0.4, -0.2) is 25.1 Å². The zero-order chi connectivity index (χ0) is 14.7. The molecule has 1 atom stereocenters. The zero-order valence-corrected chi connectivity index (χ0v) is 13.2. The summed E-state index contributed by atoms with van der Waals surface area (Å²) in [6.07, 6.45) is 7.16. The smallest absolute Gasteiger partial charge is 0.261 e. The summed E-state index contributed by atoms with van der Waals surface area (Å²) in [7, 11) is 0. The molecule has 1 aliphatic carbocycles. The highest BCUT2D eigenvalue weighted by atomic mass is 32.1. The quantitative estimate of drug-likeness (QED) is 0.898. The Kier molecular flexibility index (Phi) is 4.93. The van der Waals surface area contributed by atoms with E-state index in [0.717, 1.165) is 17.9 Å². The van der Waals surface area contributed by atoms with Gasteiger partial charge >= 0.3 is 0 Å². The molecule has 0 radical (unpaired) electrons. The molecule has 1 aliphatic heterocycles. The van der Waals surface area contributed by atoms with Crippen LogP contribution in [0.2, 0.25) is 0 Å². The molecule has 5 heteroatoms. The van der Waals surface area contributed by atoms with Gasteiger partial charge in [-0.2, -0.15) is 0 Å². The molecule has 1 fully saturated rings. The first-order valence-electron chi connectivity index (χ1n) is 7.98. The highest BCUT2D eigenvalue weighted by Gasteiger charge is 2.25. The van der Waals surface area contributed by atoms with E-state index in [4.69, 9.17) is 10.5 Å². The molecule has 3 rings (SSSR count). The van der Waals surface area contributed by atoms with Crippen molar-refractivity contribution in [3.05, 3.63) is 21.4 Å². The van der Waals surface area contributed by atoms with Crippen LogP contribution in [-0.2, 0) is 17.8 Å². The average Bonchev–Trinajstić information content (AvgIpc) is 2.97. The molecule has 2 heterocycles. The van der Waals surface area contributed by atoms with Crippen LogP contribution in [0.5, 0.6) is 0 Å². The van der Waals surface area contributed by atoms with Crippen molar-refractivity contribution in [2.24, 2.45) is 11.7 Å². The van der Waals surface area contributed by atoms with Gasteiger partial charge in [0, 0.05) is 23.9 Å². The number of hydrogen-bond acceptors (Lipinski definition) is 4. The lowest BCUT2D eigenvalue weighted by Crippen LogP contribution is -2.45. The molecule has 3 N–H and O–H groups in total. The van der Waals surface area contributed by atoms with E-state index in [1.165, 1.54) is 42.5 Å². The van der Waals surface area contributed by atoms with E-state index in [9.17, 15) is 4.79 Å². The fourth-order valence-corrected chi connectivity index (χ4v) is 4.46. The second-order valence-electron chi connectivity index (χ2n) is 6.08. The molecule has 116 valence electrons. The van der Waals surface area contributed by atoms with E-state index in [1.54, 1.807) is 11.3 Å². The van der Waals surface area contributed by atoms with Crippen molar-refractivity contribution in [3.8, 4) is 0 Å². The van der Waals surface area contributed by atoms with Crippen molar-refractivity contribution < 1.29 is 9.53 Å². The highest BCUT2D eigenvalue weighted by Crippen LogP contribution is 2.29. The molecule has 21 heavy (non-hydrogen) atoms. The van der Waals surface area contributed by atoms with E-state index in [1.807, 2.05) is 6.07 Å². The Bertz CT molecular complexity index is 471. The standard InChI is InChI=1S/C16H24N2O2S/c17-9-13(11-4-2-1-3-5-11)18-16(19)15-8-12-10-20-7-6-14(12)21-15/h8,11,13H,1-7,9-10,17H2,(H,18,19).